The quantitative estimate of drug-likeness (QED) is 0.287. The van der Waals surface area contributed by atoms with Crippen molar-refractivity contribution in [2.75, 3.05) is 33.8 Å². The van der Waals surface area contributed by atoms with Crippen LogP contribution in [0.1, 0.15) is 12.6 Å². The smallest absolute Gasteiger partial charge is 0.310 e. The molecule has 0 aliphatic carbocycles. The molecular formula is C20H27FIN5O2. The maximum atomic E-state index is 13.0. The molecule has 1 N–H and O–H groups in total. The average Bonchev–Trinajstić information content (AvgIpc) is 3.32. The van der Waals surface area contributed by atoms with E-state index < -0.39 is 0 Å². The molecule has 1 fully saturated rings. The third-order valence-electron chi connectivity index (χ3n) is 5.03. The van der Waals surface area contributed by atoms with Gasteiger partial charge in [0, 0.05) is 39.3 Å². The highest BCUT2D eigenvalue weighted by atomic mass is 127. The first kappa shape index (κ1) is 23.1. The van der Waals surface area contributed by atoms with Crippen LogP contribution in [0.5, 0.6) is 0 Å². The van der Waals surface area contributed by atoms with Gasteiger partial charge in [0.15, 0.2) is 5.96 Å². The first-order valence-electron chi connectivity index (χ1n) is 9.35. The van der Waals surface area contributed by atoms with E-state index in [2.05, 4.69) is 27.2 Å². The average molecular weight is 515 g/mol. The number of benzene rings is 1. The number of methoxy groups -OCH3 is 1. The number of likely N-dealkylation sites (tertiary alicyclic amines) is 1. The number of nitrogens with one attached hydrogen (secondary N) is 1. The van der Waals surface area contributed by atoms with Gasteiger partial charge >= 0.3 is 5.97 Å². The number of guanidine groups is 1. The zero-order valence-corrected chi connectivity index (χ0v) is 19.2. The van der Waals surface area contributed by atoms with Crippen molar-refractivity contribution in [3.8, 4) is 5.69 Å². The van der Waals surface area contributed by atoms with Gasteiger partial charge in [0.25, 0.3) is 0 Å². The number of rotatable bonds is 5. The predicted octanol–water partition coefficient (Wildman–Crippen LogP) is 2.49. The Morgan fingerprint density at radius 3 is 2.69 bits per heavy atom. The van der Waals surface area contributed by atoms with Crippen LogP contribution >= 0.6 is 24.0 Å². The van der Waals surface area contributed by atoms with Gasteiger partial charge in [0.05, 0.1) is 24.4 Å². The van der Waals surface area contributed by atoms with Crippen LogP contribution < -0.4 is 5.32 Å². The minimum atomic E-state index is -0.266. The number of aliphatic imine (C=N–C) groups is 1. The largest absolute Gasteiger partial charge is 0.469 e. The third-order valence-corrected chi connectivity index (χ3v) is 5.03. The van der Waals surface area contributed by atoms with E-state index in [1.807, 2.05) is 12.3 Å². The number of halogens is 2. The van der Waals surface area contributed by atoms with E-state index in [0.717, 1.165) is 30.3 Å². The molecule has 2 heterocycles. The van der Waals surface area contributed by atoms with Crippen LogP contribution in [0.4, 0.5) is 4.39 Å². The minimum Gasteiger partial charge on any atom is -0.469 e. The first-order chi connectivity index (χ1) is 13.5. The summed E-state index contributed by atoms with van der Waals surface area (Å²) in [6.07, 6.45) is 2.58. The van der Waals surface area contributed by atoms with Crippen molar-refractivity contribution in [3.05, 3.63) is 48.0 Å². The van der Waals surface area contributed by atoms with Crippen LogP contribution in [0.3, 0.4) is 0 Å². The van der Waals surface area contributed by atoms with Crippen molar-refractivity contribution in [1.29, 1.82) is 0 Å². The van der Waals surface area contributed by atoms with Gasteiger partial charge in [-0.3, -0.25) is 9.79 Å². The number of aromatic nitrogens is 2. The first-order valence-corrected chi connectivity index (χ1v) is 9.35. The second-order valence-electron chi connectivity index (χ2n) is 6.96. The molecule has 1 aromatic heterocycles. The van der Waals surface area contributed by atoms with Gasteiger partial charge in [0.2, 0.25) is 0 Å². The molecule has 0 radical (unpaired) electrons. The summed E-state index contributed by atoms with van der Waals surface area (Å²) in [6.45, 7) is 4.09. The van der Waals surface area contributed by atoms with Crippen molar-refractivity contribution < 1.29 is 13.9 Å². The van der Waals surface area contributed by atoms with Crippen LogP contribution in [0.25, 0.3) is 5.69 Å². The van der Waals surface area contributed by atoms with E-state index in [1.54, 1.807) is 23.9 Å². The number of hydrogen-bond acceptors (Lipinski definition) is 4. The lowest BCUT2D eigenvalue weighted by Crippen LogP contribution is -2.41. The maximum Gasteiger partial charge on any atom is 0.310 e. The van der Waals surface area contributed by atoms with Crippen molar-refractivity contribution in [2.24, 2.45) is 16.8 Å². The molecular weight excluding hydrogens is 488 g/mol. The zero-order chi connectivity index (χ0) is 20.1. The number of carbonyl (C=O) groups is 1. The Bertz CT molecular complexity index is 840. The van der Waals surface area contributed by atoms with E-state index in [1.165, 1.54) is 19.2 Å². The summed E-state index contributed by atoms with van der Waals surface area (Å²) in [5.41, 5.74) is 1.74. The van der Waals surface area contributed by atoms with E-state index >= 15 is 0 Å². The Morgan fingerprint density at radius 1 is 1.31 bits per heavy atom. The molecule has 9 heteroatoms. The Hall–Kier alpha value is -2.17. The number of carbonyl (C=O) groups excluding carboxylic acids is 1. The summed E-state index contributed by atoms with van der Waals surface area (Å²) < 4.78 is 19.7. The Kier molecular flexibility index (Phi) is 8.42. The highest BCUT2D eigenvalue weighted by Crippen LogP contribution is 2.24. The molecule has 158 valence electrons. The summed E-state index contributed by atoms with van der Waals surface area (Å²) >= 11 is 0. The van der Waals surface area contributed by atoms with Crippen molar-refractivity contribution in [1.82, 2.24) is 20.0 Å². The lowest BCUT2D eigenvalue weighted by Gasteiger charge is -2.21. The molecule has 7 nitrogen and oxygen atoms in total. The highest BCUT2D eigenvalue weighted by molar-refractivity contribution is 14.0. The molecule has 29 heavy (non-hydrogen) atoms. The fraction of sp³-hybridized carbons (Fsp3) is 0.450. The number of esters is 1. The van der Waals surface area contributed by atoms with E-state index in [0.29, 0.717) is 13.1 Å². The van der Waals surface area contributed by atoms with Crippen molar-refractivity contribution >= 4 is 35.9 Å². The predicted molar refractivity (Wildman–Crippen MR) is 120 cm³/mol. The lowest BCUT2D eigenvalue weighted by atomic mass is 9.99. The summed E-state index contributed by atoms with van der Waals surface area (Å²) in [6, 6.07) is 8.16. The molecule has 2 aromatic rings. The van der Waals surface area contributed by atoms with Crippen LogP contribution in [-0.2, 0) is 16.0 Å². The molecule has 2 unspecified atom stereocenters. The molecule has 1 saturated heterocycles. The van der Waals surface area contributed by atoms with Gasteiger partial charge in [-0.2, -0.15) is 5.10 Å². The third kappa shape index (κ3) is 5.68. The second kappa shape index (κ2) is 10.6. The Labute approximate surface area is 187 Å². The van der Waals surface area contributed by atoms with Crippen LogP contribution in [0.2, 0.25) is 0 Å². The fourth-order valence-electron chi connectivity index (χ4n) is 3.47. The fourth-order valence-corrected chi connectivity index (χ4v) is 3.47. The van der Waals surface area contributed by atoms with Crippen molar-refractivity contribution in [3.63, 3.8) is 0 Å². The minimum absolute atomic E-state index is 0. The van der Waals surface area contributed by atoms with Crippen LogP contribution in [-0.4, -0.2) is 60.4 Å². The molecule has 1 aliphatic rings. The highest BCUT2D eigenvalue weighted by Gasteiger charge is 2.36. The zero-order valence-electron chi connectivity index (χ0n) is 16.8. The van der Waals surface area contributed by atoms with Gasteiger partial charge in [-0.15, -0.1) is 24.0 Å². The Balaban J connectivity index is 0.00000300. The SMILES string of the molecule is CN=C(NCCc1ccn(-c2ccc(F)cc2)n1)N1CC(C)C(C(=O)OC)C1.I. The molecule has 1 aromatic carbocycles. The standard InChI is InChI=1S/C20H26FN5O2.HI/c1-14-12-25(13-18(14)19(27)28-3)20(22-2)23-10-8-16-9-11-26(24-16)17-6-4-15(21)5-7-17;/h4-7,9,11,14,18H,8,10,12-13H2,1-3H3,(H,22,23);1H. The second-order valence-corrected chi connectivity index (χ2v) is 6.96. The summed E-state index contributed by atoms with van der Waals surface area (Å²) in [5, 5.41) is 7.87. The topological polar surface area (TPSA) is 71.8 Å². The van der Waals surface area contributed by atoms with Gasteiger partial charge in [-0.25, -0.2) is 9.07 Å². The molecule has 1 aliphatic heterocycles. The molecule has 2 atom stereocenters. The molecule has 0 saturated carbocycles. The molecule has 0 spiro atoms. The maximum absolute atomic E-state index is 13.0. The lowest BCUT2D eigenvalue weighted by molar-refractivity contribution is -0.145. The monoisotopic (exact) mass is 515 g/mol. The van der Waals surface area contributed by atoms with Crippen LogP contribution in [0, 0.1) is 17.7 Å². The van der Waals surface area contributed by atoms with Gasteiger partial charge < -0.3 is 15.0 Å². The van der Waals surface area contributed by atoms with Gasteiger partial charge in [-0.1, -0.05) is 6.92 Å². The van der Waals surface area contributed by atoms with E-state index in [9.17, 15) is 9.18 Å². The molecule has 0 bridgehead atoms. The number of nitrogens with zero attached hydrogens (tertiary/aromatic N) is 4. The number of hydrogen-bond donors (Lipinski definition) is 1. The van der Waals surface area contributed by atoms with Gasteiger partial charge in [-0.05, 0) is 36.2 Å². The molecule has 3 rings (SSSR count). The van der Waals surface area contributed by atoms with E-state index in [4.69, 9.17) is 4.74 Å². The summed E-state index contributed by atoms with van der Waals surface area (Å²) in [5.74, 6) is 0.428. The normalized spacial score (nSPS) is 19.0. The van der Waals surface area contributed by atoms with Crippen molar-refractivity contribution in [2.45, 2.75) is 13.3 Å². The summed E-state index contributed by atoms with van der Waals surface area (Å²) in [4.78, 5) is 18.3. The Morgan fingerprint density at radius 2 is 2.03 bits per heavy atom. The van der Waals surface area contributed by atoms with Crippen LogP contribution in [0.15, 0.2) is 41.5 Å². The summed E-state index contributed by atoms with van der Waals surface area (Å²) in [7, 11) is 3.16. The number of ether oxygens (including phenoxy) is 1. The van der Waals surface area contributed by atoms with Gasteiger partial charge in [0.1, 0.15) is 5.82 Å². The molecule has 0 amide bonds. The van der Waals surface area contributed by atoms with E-state index in [-0.39, 0.29) is 47.6 Å².